The van der Waals surface area contributed by atoms with Crippen LogP contribution in [0.3, 0.4) is 0 Å². The predicted molar refractivity (Wildman–Crippen MR) is 77.7 cm³/mol. The third kappa shape index (κ3) is 2.73. The van der Waals surface area contributed by atoms with Gasteiger partial charge in [0.25, 0.3) is 0 Å². The van der Waals surface area contributed by atoms with Gasteiger partial charge in [-0.25, -0.2) is 4.98 Å². The molecule has 19 heavy (non-hydrogen) atoms. The van der Waals surface area contributed by atoms with Crippen molar-refractivity contribution in [2.45, 2.75) is 26.2 Å². The highest BCUT2D eigenvalue weighted by molar-refractivity contribution is 5.77. The Morgan fingerprint density at radius 1 is 1.32 bits per heavy atom. The first kappa shape index (κ1) is 12.5. The molecule has 1 aliphatic rings. The van der Waals surface area contributed by atoms with E-state index in [1.807, 2.05) is 0 Å². The molecule has 1 saturated heterocycles. The van der Waals surface area contributed by atoms with Crippen LogP contribution in [0.5, 0.6) is 0 Å². The normalized spacial score (nSPS) is 16.2. The Labute approximate surface area is 113 Å². The number of hydrogen-bond acceptors (Lipinski definition) is 4. The quantitative estimate of drug-likeness (QED) is 0.916. The third-order valence-electron chi connectivity index (χ3n) is 3.64. The van der Waals surface area contributed by atoms with Crippen molar-refractivity contribution >= 4 is 16.8 Å². The lowest BCUT2D eigenvalue weighted by Crippen LogP contribution is -2.43. The number of unbranched alkanes of at least 4 members (excludes halogenated alkanes) is 1. The fourth-order valence-corrected chi connectivity index (χ4v) is 2.52. The van der Waals surface area contributed by atoms with E-state index in [1.54, 1.807) is 0 Å². The van der Waals surface area contributed by atoms with Crippen LogP contribution in [0.2, 0.25) is 0 Å². The Balaban J connectivity index is 1.83. The van der Waals surface area contributed by atoms with E-state index in [1.165, 1.54) is 12.1 Å². The molecule has 3 rings (SSSR count). The molecule has 1 aromatic carbocycles. The highest BCUT2D eigenvalue weighted by Gasteiger charge is 2.12. The summed E-state index contributed by atoms with van der Waals surface area (Å²) in [6, 6.07) is 6.34. The van der Waals surface area contributed by atoms with E-state index in [9.17, 15) is 0 Å². The van der Waals surface area contributed by atoms with Crippen LogP contribution >= 0.6 is 0 Å². The lowest BCUT2D eigenvalue weighted by molar-refractivity contribution is 0.517. The standard InChI is InChI=1S/C15H21N3O/c1-2-3-4-15-17-13-11-12(5-6-14(13)19-15)18-9-7-16-8-10-18/h5-6,11,16H,2-4,7-10H2,1H3. The lowest BCUT2D eigenvalue weighted by Gasteiger charge is -2.29. The summed E-state index contributed by atoms with van der Waals surface area (Å²) in [6.45, 7) is 6.42. The highest BCUT2D eigenvalue weighted by Crippen LogP contribution is 2.23. The minimum atomic E-state index is 0.870. The second kappa shape index (κ2) is 5.61. The number of hydrogen-bond donors (Lipinski definition) is 1. The third-order valence-corrected chi connectivity index (χ3v) is 3.64. The van der Waals surface area contributed by atoms with Gasteiger partial charge in [-0.1, -0.05) is 13.3 Å². The minimum absolute atomic E-state index is 0.870. The van der Waals surface area contributed by atoms with Crippen LogP contribution in [0.1, 0.15) is 25.7 Å². The number of fused-ring (bicyclic) bond motifs is 1. The Morgan fingerprint density at radius 2 is 2.16 bits per heavy atom. The molecular formula is C15H21N3O. The molecule has 1 aromatic heterocycles. The van der Waals surface area contributed by atoms with Crippen molar-refractivity contribution in [3.8, 4) is 0 Å². The first-order chi connectivity index (χ1) is 9.36. The van der Waals surface area contributed by atoms with Gasteiger partial charge < -0.3 is 14.6 Å². The summed E-state index contributed by atoms with van der Waals surface area (Å²) in [5.41, 5.74) is 3.15. The van der Waals surface area contributed by atoms with Crippen LogP contribution < -0.4 is 10.2 Å². The lowest BCUT2D eigenvalue weighted by atomic mass is 10.2. The van der Waals surface area contributed by atoms with Crippen molar-refractivity contribution in [3.63, 3.8) is 0 Å². The SMILES string of the molecule is CCCCc1nc2cc(N3CCNCC3)ccc2o1. The average Bonchev–Trinajstić information content (AvgIpc) is 2.87. The van der Waals surface area contributed by atoms with Gasteiger partial charge in [0.2, 0.25) is 0 Å². The van der Waals surface area contributed by atoms with Crippen molar-refractivity contribution < 1.29 is 4.42 Å². The number of anilines is 1. The summed E-state index contributed by atoms with van der Waals surface area (Å²) in [4.78, 5) is 7.00. The molecule has 1 aliphatic heterocycles. The second-order valence-electron chi connectivity index (χ2n) is 5.10. The van der Waals surface area contributed by atoms with Crippen LogP contribution in [-0.2, 0) is 6.42 Å². The minimum Gasteiger partial charge on any atom is -0.441 e. The zero-order valence-corrected chi connectivity index (χ0v) is 11.5. The van der Waals surface area contributed by atoms with Gasteiger partial charge in [0.15, 0.2) is 11.5 Å². The van der Waals surface area contributed by atoms with Gasteiger partial charge in [-0.15, -0.1) is 0 Å². The number of piperazine rings is 1. The maximum absolute atomic E-state index is 5.77. The van der Waals surface area contributed by atoms with Crippen molar-refractivity contribution in [2.75, 3.05) is 31.1 Å². The maximum Gasteiger partial charge on any atom is 0.195 e. The molecule has 1 N–H and O–H groups in total. The molecule has 2 aromatic rings. The Kier molecular flexibility index (Phi) is 3.69. The zero-order chi connectivity index (χ0) is 13.1. The molecule has 4 nitrogen and oxygen atoms in total. The van der Waals surface area contributed by atoms with E-state index < -0.39 is 0 Å². The molecule has 0 atom stereocenters. The van der Waals surface area contributed by atoms with Crippen molar-refractivity contribution in [1.82, 2.24) is 10.3 Å². The molecule has 0 spiro atoms. The molecule has 0 unspecified atom stereocenters. The van der Waals surface area contributed by atoms with Gasteiger partial charge in [-0.3, -0.25) is 0 Å². The molecule has 1 fully saturated rings. The van der Waals surface area contributed by atoms with E-state index in [0.29, 0.717) is 0 Å². The van der Waals surface area contributed by atoms with Crippen molar-refractivity contribution in [2.24, 2.45) is 0 Å². The molecule has 0 amide bonds. The van der Waals surface area contributed by atoms with Gasteiger partial charge in [-0.05, 0) is 24.6 Å². The number of rotatable bonds is 4. The summed E-state index contributed by atoms with van der Waals surface area (Å²) in [5.74, 6) is 0.870. The summed E-state index contributed by atoms with van der Waals surface area (Å²) in [7, 11) is 0. The number of nitrogens with one attached hydrogen (secondary N) is 1. The second-order valence-corrected chi connectivity index (χ2v) is 5.10. The zero-order valence-electron chi connectivity index (χ0n) is 11.5. The van der Waals surface area contributed by atoms with Crippen LogP contribution in [0.25, 0.3) is 11.1 Å². The number of nitrogens with zero attached hydrogens (tertiary/aromatic N) is 2. The molecule has 0 aliphatic carbocycles. The first-order valence-corrected chi connectivity index (χ1v) is 7.22. The molecule has 102 valence electrons. The van der Waals surface area contributed by atoms with Gasteiger partial charge in [0, 0.05) is 38.3 Å². The topological polar surface area (TPSA) is 41.3 Å². The van der Waals surface area contributed by atoms with Gasteiger partial charge in [-0.2, -0.15) is 0 Å². The summed E-state index contributed by atoms with van der Waals surface area (Å²) < 4.78 is 5.77. The van der Waals surface area contributed by atoms with Crippen LogP contribution in [0.4, 0.5) is 5.69 Å². The molecule has 4 heteroatoms. The smallest absolute Gasteiger partial charge is 0.195 e. The van der Waals surface area contributed by atoms with Gasteiger partial charge in [0.1, 0.15) is 5.52 Å². The molecule has 0 radical (unpaired) electrons. The molecule has 0 bridgehead atoms. The number of aryl methyl sites for hydroxylation is 1. The number of aromatic nitrogens is 1. The fraction of sp³-hybridized carbons (Fsp3) is 0.533. The van der Waals surface area contributed by atoms with Gasteiger partial charge >= 0.3 is 0 Å². The Morgan fingerprint density at radius 3 is 2.95 bits per heavy atom. The monoisotopic (exact) mass is 259 g/mol. The van der Waals surface area contributed by atoms with E-state index in [4.69, 9.17) is 4.42 Å². The summed E-state index contributed by atoms with van der Waals surface area (Å²) in [6.07, 6.45) is 3.25. The van der Waals surface area contributed by atoms with Crippen molar-refractivity contribution in [3.05, 3.63) is 24.1 Å². The van der Waals surface area contributed by atoms with E-state index >= 15 is 0 Å². The summed E-state index contributed by atoms with van der Waals surface area (Å²) >= 11 is 0. The van der Waals surface area contributed by atoms with Crippen molar-refractivity contribution in [1.29, 1.82) is 0 Å². The molecule has 2 heterocycles. The number of oxazole rings is 1. The van der Waals surface area contributed by atoms with Crippen LogP contribution in [0.15, 0.2) is 22.6 Å². The molecule has 0 saturated carbocycles. The fourth-order valence-electron chi connectivity index (χ4n) is 2.52. The predicted octanol–water partition coefficient (Wildman–Crippen LogP) is 2.58. The van der Waals surface area contributed by atoms with Crippen LogP contribution in [-0.4, -0.2) is 31.2 Å². The molecular weight excluding hydrogens is 238 g/mol. The summed E-state index contributed by atoms with van der Waals surface area (Å²) in [5, 5.41) is 3.37. The average molecular weight is 259 g/mol. The van der Waals surface area contributed by atoms with E-state index in [0.717, 1.165) is 56.0 Å². The first-order valence-electron chi connectivity index (χ1n) is 7.22. The Bertz CT molecular complexity index is 543. The van der Waals surface area contributed by atoms with Gasteiger partial charge in [0.05, 0.1) is 0 Å². The number of benzene rings is 1. The van der Waals surface area contributed by atoms with E-state index in [-0.39, 0.29) is 0 Å². The van der Waals surface area contributed by atoms with E-state index in [2.05, 4.69) is 40.3 Å². The highest BCUT2D eigenvalue weighted by atomic mass is 16.3. The van der Waals surface area contributed by atoms with Crippen LogP contribution in [0, 0.1) is 0 Å². The largest absolute Gasteiger partial charge is 0.441 e. The maximum atomic E-state index is 5.77. The Hall–Kier alpha value is -1.55.